The van der Waals surface area contributed by atoms with Crippen molar-refractivity contribution in [2.24, 2.45) is 0 Å². The van der Waals surface area contributed by atoms with Crippen LogP contribution in [-0.4, -0.2) is 73.6 Å². The number of aromatic nitrogens is 1. The van der Waals surface area contributed by atoms with E-state index in [9.17, 15) is 13.9 Å². The van der Waals surface area contributed by atoms with Gasteiger partial charge in [0.15, 0.2) is 17.4 Å². The van der Waals surface area contributed by atoms with Crippen molar-refractivity contribution < 1.29 is 23.4 Å². The molecule has 1 aliphatic rings. The highest BCUT2D eigenvalue weighted by atomic mass is 79.9. The first-order chi connectivity index (χ1) is 14.0. The highest BCUT2D eigenvalue weighted by molar-refractivity contribution is 9.10. The monoisotopic (exact) mass is 471 g/mol. The van der Waals surface area contributed by atoms with E-state index in [-0.39, 0.29) is 19.8 Å². The van der Waals surface area contributed by atoms with E-state index >= 15 is 0 Å². The number of nitrogens with zero attached hydrogens (tertiary/aromatic N) is 3. The fraction of sp³-hybridized carbons (Fsp3) is 0.450. The van der Waals surface area contributed by atoms with Crippen LogP contribution >= 0.6 is 15.9 Å². The van der Waals surface area contributed by atoms with Crippen molar-refractivity contribution >= 4 is 21.7 Å². The molecule has 2 aromatic rings. The van der Waals surface area contributed by atoms with Gasteiger partial charge in [0, 0.05) is 43.4 Å². The van der Waals surface area contributed by atoms with Gasteiger partial charge in [-0.15, -0.1) is 0 Å². The quantitative estimate of drug-likeness (QED) is 0.567. The summed E-state index contributed by atoms with van der Waals surface area (Å²) in [5, 5.41) is 10.2. The maximum Gasteiger partial charge on any atom is 0.190 e. The summed E-state index contributed by atoms with van der Waals surface area (Å²) in [5.74, 6) is -1.01. The maximum absolute atomic E-state index is 13.7. The number of aliphatic hydroxyl groups is 1. The molecular formula is C20H24BrF2N3O3. The molecule has 29 heavy (non-hydrogen) atoms. The van der Waals surface area contributed by atoms with E-state index in [0.717, 1.165) is 44.1 Å². The summed E-state index contributed by atoms with van der Waals surface area (Å²) in [7, 11) is 0. The zero-order valence-electron chi connectivity index (χ0n) is 15.9. The molecule has 9 heteroatoms. The predicted molar refractivity (Wildman–Crippen MR) is 109 cm³/mol. The molecule has 0 spiro atoms. The molecule has 0 amide bonds. The molecule has 1 N–H and O–H groups in total. The molecule has 1 saturated heterocycles. The van der Waals surface area contributed by atoms with Crippen LogP contribution < -0.4 is 9.64 Å². The van der Waals surface area contributed by atoms with E-state index in [2.05, 4.69) is 30.7 Å². The van der Waals surface area contributed by atoms with Gasteiger partial charge in [0.05, 0.1) is 19.3 Å². The van der Waals surface area contributed by atoms with Crippen LogP contribution in [0.1, 0.15) is 0 Å². The van der Waals surface area contributed by atoms with E-state index in [1.165, 1.54) is 0 Å². The Hall–Kier alpha value is -1.81. The van der Waals surface area contributed by atoms with E-state index in [4.69, 9.17) is 9.47 Å². The maximum atomic E-state index is 13.7. The van der Waals surface area contributed by atoms with Crippen LogP contribution in [0.4, 0.5) is 14.6 Å². The highest BCUT2D eigenvalue weighted by Gasteiger charge is 2.20. The third-order valence-corrected chi connectivity index (χ3v) is 5.02. The van der Waals surface area contributed by atoms with E-state index in [1.54, 1.807) is 6.20 Å². The molecule has 0 aliphatic carbocycles. The second-order valence-electron chi connectivity index (χ2n) is 6.75. The zero-order valence-corrected chi connectivity index (χ0v) is 17.5. The Kier molecular flexibility index (Phi) is 8.17. The van der Waals surface area contributed by atoms with Gasteiger partial charge in [0.25, 0.3) is 0 Å². The zero-order chi connectivity index (χ0) is 20.6. The molecule has 0 saturated carbocycles. The van der Waals surface area contributed by atoms with Crippen LogP contribution in [0.15, 0.2) is 41.0 Å². The van der Waals surface area contributed by atoms with Gasteiger partial charge in [-0.3, -0.25) is 4.90 Å². The molecule has 1 aromatic carbocycles. The number of anilines is 1. The van der Waals surface area contributed by atoms with Crippen molar-refractivity contribution in [2.75, 3.05) is 57.4 Å². The fourth-order valence-corrected chi connectivity index (χ4v) is 3.54. The number of hydrogen-bond donors (Lipinski definition) is 1. The number of hydrogen-bond acceptors (Lipinski definition) is 6. The predicted octanol–water partition coefficient (Wildman–Crippen LogP) is 2.70. The summed E-state index contributed by atoms with van der Waals surface area (Å²) in [6.45, 7) is 4.12. The van der Waals surface area contributed by atoms with Crippen LogP contribution in [0.3, 0.4) is 0 Å². The fourth-order valence-electron chi connectivity index (χ4n) is 3.14. The van der Waals surface area contributed by atoms with Gasteiger partial charge < -0.3 is 19.5 Å². The van der Waals surface area contributed by atoms with Crippen molar-refractivity contribution in [3.8, 4) is 5.75 Å². The standard InChI is InChI=1S/C20H24BrF2N3O3/c21-15-11-17(22)20(18(23)12-15)29-10-9-28-14-16(27)13-25-5-7-26(8-6-25)19-3-1-2-4-24-19/h1-4,11-12,16,27H,5-10,13-14H2. The normalized spacial score (nSPS) is 16.1. The summed E-state index contributed by atoms with van der Waals surface area (Å²) in [6.07, 6.45) is 1.14. The van der Waals surface area contributed by atoms with Crippen LogP contribution in [0.2, 0.25) is 0 Å². The Morgan fingerprint density at radius 2 is 1.83 bits per heavy atom. The number of aliphatic hydroxyl groups excluding tert-OH is 1. The first-order valence-corrected chi connectivity index (χ1v) is 10.2. The Labute approximate surface area is 177 Å². The van der Waals surface area contributed by atoms with Crippen molar-refractivity contribution in [3.63, 3.8) is 0 Å². The van der Waals surface area contributed by atoms with Crippen molar-refractivity contribution in [2.45, 2.75) is 6.10 Å². The Balaban J connectivity index is 1.30. The molecule has 0 bridgehead atoms. The summed E-state index contributed by atoms with van der Waals surface area (Å²) < 4.78 is 38.1. The van der Waals surface area contributed by atoms with E-state index in [1.807, 2.05) is 18.2 Å². The summed E-state index contributed by atoms with van der Waals surface area (Å²) >= 11 is 3.01. The molecule has 3 rings (SSSR count). The number of piperazine rings is 1. The lowest BCUT2D eigenvalue weighted by molar-refractivity contribution is 0.00653. The molecule has 1 atom stereocenters. The van der Waals surface area contributed by atoms with E-state index in [0.29, 0.717) is 11.0 Å². The van der Waals surface area contributed by atoms with Gasteiger partial charge >= 0.3 is 0 Å². The topological polar surface area (TPSA) is 58.1 Å². The summed E-state index contributed by atoms with van der Waals surface area (Å²) in [4.78, 5) is 8.76. The molecule has 2 heterocycles. The smallest absolute Gasteiger partial charge is 0.190 e. The number of rotatable bonds is 9. The van der Waals surface area contributed by atoms with Crippen LogP contribution in [0, 0.1) is 11.6 Å². The number of halogens is 3. The van der Waals surface area contributed by atoms with Crippen LogP contribution in [0.5, 0.6) is 5.75 Å². The van der Waals surface area contributed by atoms with Crippen molar-refractivity contribution in [3.05, 3.63) is 52.6 Å². The molecule has 6 nitrogen and oxygen atoms in total. The van der Waals surface area contributed by atoms with Gasteiger partial charge in [-0.2, -0.15) is 0 Å². The minimum atomic E-state index is -0.776. The molecular weight excluding hydrogens is 448 g/mol. The van der Waals surface area contributed by atoms with Gasteiger partial charge in [-0.1, -0.05) is 22.0 Å². The van der Waals surface area contributed by atoms with Gasteiger partial charge in [0.2, 0.25) is 0 Å². The van der Waals surface area contributed by atoms with Crippen LogP contribution in [0.25, 0.3) is 0 Å². The average Bonchev–Trinajstić information content (AvgIpc) is 2.70. The second-order valence-corrected chi connectivity index (χ2v) is 7.67. The Morgan fingerprint density at radius 1 is 1.10 bits per heavy atom. The lowest BCUT2D eigenvalue weighted by atomic mass is 10.2. The average molecular weight is 472 g/mol. The van der Waals surface area contributed by atoms with E-state index < -0.39 is 23.5 Å². The number of ether oxygens (including phenoxy) is 2. The first kappa shape index (κ1) is 21.9. The SMILES string of the molecule is OC(COCCOc1c(F)cc(Br)cc1F)CN1CCN(c2ccccn2)CC1. The van der Waals surface area contributed by atoms with Crippen molar-refractivity contribution in [1.29, 1.82) is 0 Å². The van der Waals surface area contributed by atoms with Gasteiger partial charge in [-0.25, -0.2) is 13.8 Å². The minimum absolute atomic E-state index is 0.00899. The first-order valence-electron chi connectivity index (χ1n) is 9.44. The number of benzene rings is 1. The third kappa shape index (κ3) is 6.60. The Bertz CT molecular complexity index is 754. The lowest BCUT2D eigenvalue weighted by Crippen LogP contribution is -2.49. The number of pyridine rings is 1. The lowest BCUT2D eigenvalue weighted by Gasteiger charge is -2.36. The minimum Gasteiger partial charge on any atom is -0.485 e. The highest BCUT2D eigenvalue weighted by Crippen LogP contribution is 2.25. The molecule has 1 unspecified atom stereocenters. The summed E-state index contributed by atoms with van der Waals surface area (Å²) in [5.41, 5.74) is 0. The van der Waals surface area contributed by atoms with Gasteiger partial charge in [-0.05, 0) is 24.3 Å². The Morgan fingerprint density at radius 3 is 2.48 bits per heavy atom. The molecule has 1 aromatic heterocycles. The largest absolute Gasteiger partial charge is 0.485 e. The summed E-state index contributed by atoms with van der Waals surface area (Å²) in [6, 6.07) is 8.13. The molecule has 1 aliphatic heterocycles. The van der Waals surface area contributed by atoms with Gasteiger partial charge in [0.1, 0.15) is 12.4 Å². The molecule has 1 fully saturated rings. The molecule has 0 radical (unpaired) electrons. The second kappa shape index (κ2) is 10.8. The molecule has 158 valence electrons. The third-order valence-electron chi connectivity index (χ3n) is 4.56. The number of β-amino-alcohol motifs (C(OH)–C–C–N with tert-alkyl or cyclic N) is 1. The van der Waals surface area contributed by atoms with Crippen molar-refractivity contribution in [1.82, 2.24) is 9.88 Å². The van der Waals surface area contributed by atoms with Crippen LogP contribution in [-0.2, 0) is 4.74 Å².